The lowest BCUT2D eigenvalue weighted by atomic mass is 9.74. The summed E-state index contributed by atoms with van der Waals surface area (Å²) in [7, 11) is 3.94. The van der Waals surface area contributed by atoms with Crippen LogP contribution in [0.5, 0.6) is 5.75 Å². The molecule has 0 N–H and O–H groups in total. The van der Waals surface area contributed by atoms with Crippen molar-refractivity contribution in [3.63, 3.8) is 0 Å². The number of likely N-dealkylation sites (N-methyl/N-ethyl adjacent to an activating group) is 1. The number of hydrogen-bond donors (Lipinski definition) is 0. The first-order valence-corrected chi connectivity index (χ1v) is 14.1. The van der Waals surface area contributed by atoms with Gasteiger partial charge in [-0.05, 0) is 89.6 Å². The third-order valence-corrected chi connectivity index (χ3v) is 8.88. The highest BCUT2D eigenvalue weighted by Crippen LogP contribution is 2.51. The van der Waals surface area contributed by atoms with E-state index in [0.717, 1.165) is 17.7 Å². The molecule has 0 aliphatic carbocycles. The molecule has 1 heterocycles. The minimum Gasteiger partial charge on any atom is -0.497 e. The number of hydrogen-bond acceptors (Lipinski definition) is 2. The lowest BCUT2D eigenvalue weighted by molar-refractivity contribution is 0.413. The van der Waals surface area contributed by atoms with Gasteiger partial charge in [-0.1, -0.05) is 99.3 Å². The quantitative estimate of drug-likeness (QED) is 0.222. The summed E-state index contributed by atoms with van der Waals surface area (Å²) in [5, 5.41) is 2.56. The molecule has 5 rings (SSSR count). The summed E-state index contributed by atoms with van der Waals surface area (Å²) in [5.74, 6) is 0.904. The molecule has 4 aromatic carbocycles. The average molecular weight is 528 g/mol. The summed E-state index contributed by atoms with van der Waals surface area (Å²) >= 11 is 0. The monoisotopic (exact) mass is 527 g/mol. The van der Waals surface area contributed by atoms with Gasteiger partial charge in [0, 0.05) is 29.3 Å². The maximum Gasteiger partial charge on any atom is 0.119 e. The molecule has 1 aliphatic rings. The first-order valence-electron chi connectivity index (χ1n) is 14.1. The Morgan fingerprint density at radius 3 is 2.38 bits per heavy atom. The lowest BCUT2D eigenvalue weighted by Crippen LogP contribution is -2.28. The average Bonchev–Trinajstić information content (AvgIpc) is 3.14. The fourth-order valence-electron chi connectivity index (χ4n) is 6.68. The van der Waals surface area contributed by atoms with Crippen molar-refractivity contribution in [2.45, 2.75) is 51.9 Å². The molecule has 1 aliphatic heterocycles. The molecule has 0 bridgehead atoms. The van der Waals surface area contributed by atoms with Crippen molar-refractivity contribution in [3.8, 4) is 5.75 Å². The Morgan fingerprint density at radius 2 is 1.65 bits per heavy atom. The van der Waals surface area contributed by atoms with E-state index in [-0.39, 0.29) is 10.8 Å². The van der Waals surface area contributed by atoms with Crippen LogP contribution >= 0.6 is 0 Å². The number of methoxy groups -OCH3 is 1. The van der Waals surface area contributed by atoms with Crippen LogP contribution in [0, 0.1) is 13.8 Å². The zero-order valence-corrected chi connectivity index (χ0v) is 25.0. The molecule has 0 radical (unpaired) electrons. The van der Waals surface area contributed by atoms with Gasteiger partial charge in [0.1, 0.15) is 5.75 Å². The molecule has 1 atom stereocenters. The van der Waals surface area contributed by atoms with Gasteiger partial charge in [-0.25, -0.2) is 0 Å². The van der Waals surface area contributed by atoms with Crippen molar-refractivity contribution in [3.05, 3.63) is 143 Å². The van der Waals surface area contributed by atoms with E-state index in [9.17, 15) is 0 Å². The Bertz CT molecular complexity index is 1640. The van der Waals surface area contributed by atoms with E-state index in [0.29, 0.717) is 0 Å². The Kier molecular flexibility index (Phi) is 7.23. The maximum absolute atomic E-state index is 5.70. The van der Waals surface area contributed by atoms with Gasteiger partial charge in [0.2, 0.25) is 0 Å². The summed E-state index contributed by atoms with van der Waals surface area (Å²) in [4.78, 5) is 2.36. The van der Waals surface area contributed by atoms with Crippen molar-refractivity contribution < 1.29 is 4.74 Å². The van der Waals surface area contributed by atoms with Gasteiger partial charge < -0.3 is 9.64 Å². The number of allylic oxidation sites excluding steroid dienone is 5. The Balaban J connectivity index is 1.55. The first kappa shape index (κ1) is 27.5. The van der Waals surface area contributed by atoms with E-state index in [4.69, 9.17) is 4.74 Å². The van der Waals surface area contributed by atoms with Crippen LogP contribution in [-0.4, -0.2) is 14.2 Å². The number of nitrogens with zero attached hydrogens (tertiary/aromatic N) is 1. The zero-order valence-electron chi connectivity index (χ0n) is 25.0. The number of aryl methyl sites for hydroxylation is 2. The first-order chi connectivity index (χ1) is 19.1. The Hall–Kier alpha value is -4.04. The lowest BCUT2D eigenvalue weighted by Gasteiger charge is -2.30. The summed E-state index contributed by atoms with van der Waals surface area (Å²) in [6.07, 6.45) is 7.57. The minimum atomic E-state index is -0.220. The van der Waals surface area contributed by atoms with Crippen molar-refractivity contribution in [2.75, 3.05) is 19.1 Å². The molecule has 0 amide bonds. The van der Waals surface area contributed by atoms with Gasteiger partial charge in [0.25, 0.3) is 0 Å². The van der Waals surface area contributed by atoms with Gasteiger partial charge >= 0.3 is 0 Å². The molecular formula is C38H41NO. The van der Waals surface area contributed by atoms with Crippen molar-refractivity contribution in [1.29, 1.82) is 0 Å². The topological polar surface area (TPSA) is 12.5 Å². The highest BCUT2D eigenvalue weighted by molar-refractivity contribution is 5.88. The third-order valence-electron chi connectivity index (χ3n) is 8.88. The van der Waals surface area contributed by atoms with Crippen LogP contribution in [-0.2, 0) is 17.3 Å². The molecule has 2 nitrogen and oxygen atoms in total. The third kappa shape index (κ3) is 4.66. The Morgan fingerprint density at radius 1 is 0.950 bits per heavy atom. The van der Waals surface area contributed by atoms with Crippen LogP contribution in [0.15, 0.2) is 115 Å². The number of fused-ring (bicyclic) bond motifs is 2. The van der Waals surface area contributed by atoms with E-state index in [2.05, 4.69) is 150 Å². The normalized spacial score (nSPS) is 18.1. The van der Waals surface area contributed by atoms with Crippen LogP contribution in [0.2, 0.25) is 0 Å². The number of ether oxygens (including phenoxy) is 1. The standard InChI is InChI=1S/C38H41NO/c1-26-21-22-30-18-12-13-19-32(30)35(26)37(4,5)28(3)15-14-20-34-38(6,25-29-16-10-9-11-17-29)33-24-31(40-8)23-27(2)36(33)39(34)7/h9-24H,3,25H2,1-2,4-8H3/b15-14+,34-20+. The molecule has 0 spiro atoms. The summed E-state index contributed by atoms with van der Waals surface area (Å²) in [6, 6.07) is 28.2. The highest BCUT2D eigenvalue weighted by atomic mass is 16.5. The second kappa shape index (κ2) is 10.5. The molecule has 0 saturated carbocycles. The van der Waals surface area contributed by atoms with Crippen LogP contribution in [0.25, 0.3) is 10.8 Å². The smallest absolute Gasteiger partial charge is 0.119 e. The summed E-state index contributed by atoms with van der Waals surface area (Å²) < 4.78 is 5.70. The van der Waals surface area contributed by atoms with Gasteiger partial charge in [-0.2, -0.15) is 0 Å². The predicted octanol–water partition coefficient (Wildman–Crippen LogP) is 9.39. The highest BCUT2D eigenvalue weighted by Gasteiger charge is 2.43. The van der Waals surface area contributed by atoms with E-state index >= 15 is 0 Å². The van der Waals surface area contributed by atoms with Crippen molar-refractivity contribution in [2.24, 2.45) is 0 Å². The van der Waals surface area contributed by atoms with E-state index in [1.165, 1.54) is 50.0 Å². The van der Waals surface area contributed by atoms with E-state index in [1.54, 1.807) is 7.11 Å². The SMILES string of the molecule is C=C(/C=C/C=C1/N(C)c2c(C)cc(OC)cc2C1(C)Cc1ccccc1)C(C)(C)c1c(C)ccc2ccccc12. The largest absolute Gasteiger partial charge is 0.497 e. The minimum absolute atomic E-state index is 0.210. The molecule has 4 aromatic rings. The van der Waals surface area contributed by atoms with Crippen molar-refractivity contribution in [1.82, 2.24) is 0 Å². The second-order valence-corrected chi connectivity index (χ2v) is 11.9. The molecular weight excluding hydrogens is 486 g/mol. The molecule has 0 saturated heterocycles. The molecule has 40 heavy (non-hydrogen) atoms. The number of benzene rings is 4. The zero-order chi connectivity index (χ0) is 28.7. The van der Waals surface area contributed by atoms with E-state index < -0.39 is 0 Å². The fourth-order valence-corrected chi connectivity index (χ4v) is 6.68. The predicted molar refractivity (Wildman–Crippen MR) is 172 cm³/mol. The van der Waals surface area contributed by atoms with Gasteiger partial charge in [0.15, 0.2) is 0 Å². The van der Waals surface area contributed by atoms with Gasteiger partial charge in [-0.3, -0.25) is 0 Å². The molecule has 204 valence electrons. The van der Waals surface area contributed by atoms with Crippen LogP contribution in [0.3, 0.4) is 0 Å². The molecule has 0 fully saturated rings. The second-order valence-electron chi connectivity index (χ2n) is 11.9. The summed E-state index contributed by atoms with van der Waals surface area (Å²) in [6.45, 7) is 15.9. The van der Waals surface area contributed by atoms with Crippen LogP contribution in [0.4, 0.5) is 5.69 Å². The number of rotatable bonds is 7. The van der Waals surface area contributed by atoms with Crippen LogP contribution < -0.4 is 9.64 Å². The van der Waals surface area contributed by atoms with Gasteiger partial charge in [-0.15, -0.1) is 0 Å². The number of anilines is 1. The molecule has 0 aromatic heterocycles. The fraction of sp³-hybridized carbons (Fsp3) is 0.263. The maximum atomic E-state index is 5.70. The van der Waals surface area contributed by atoms with Gasteiger partial charge in [0.05, 0.1) is 7.11 Å². The molecule has 1 unspecified atom stereocenters. The van der Waals surface area contributed by atoms with Crippen molar-refractivity contribution >= 4 is 16.5 Å². The summed E-state index contributed by atoms with van der Waals surface area (Å²) in [5.41, 5.74) is 9.68. The van der Waals surface area contributed by atoms with Crippen LogP contribution in [0.1, 0.15) is 48.6 Å². The molecule has 2 heteroatoms. The van der Waals surface area contributed by atoms with E-state index in [1.807, 2.05) is 0 Å². The Labute approximate surface area is 240 Å².